The average molecular weight is 376 g/mol. The summed E-state index contributed by atoms with van der Waals surface area (Å²) in [6.45, 7) is 8.43. The van der Waals surface area contributed by atoms with E-state index < -0.39 is 6.10 Å². The number of aliphatic hydroxyl groups is 1. The second-order valence-electron chi connectivity index (χ2n) is 5.64. The molecule has 1 atom stereocenters. The number of ether oxygens (including phenoxy) is 1. The van der Waals surface area contributed by atoms with Crippen molar-refractivity contribution in [3.05, 3.63) is 33.8 Å². The molecule has 0 fully saturated rings. The molecule has 0 saturated carbocycles. The summed E-state index contributed by atoms with van der Waals surface area (Å²) in [4.78, 5) is 4.40. The minimum Gasteiger partial charge on any atom is -0.386 e. The first-order valence-electron chi connectivity index (χ1n) is 8.20. The number of guanidine groups is 1. The summed E-state index contributed by atoms with van der Waals surface area (Å²) in [5.41, 5.74) is 0.650. The van der Waals surface area contributed by atoms with Gasteiger partial charge in [0.25, 0.3) is 0 Å². The van der Waals surface area contributed by atoms with Crippen LogP contribution in [0.15, 0.2) is 23.2 Å². The van der Waals surface area contributed by atoms with Crippen molar-refractivity contribution in [2.75, 3.05) is 26.2 Å². The van der Waals surface area contributed by atoms with Crippen LogP contribution in [0.4, 0.5) is 0 Å². The van der Waals surface area contributed by atoms with E-state index in [1.807, 2.05) is 20.8 Å². The number of nitrogens with zero attached hydrogens (tertiary/aromatic N) is 1. The Morgan fingerprint density at radius 2 is 1.88 bits per heavy atom. The third-order valence-electron chi connectivity index (χ3n) is 3.10. The second kappa shape index (κ2) is 11.5. The summed E-state index contributed by atoms with van der Waals surface area (Å²) in [5.74, 6) is 0.661. The van der Waals surface area contributed by atoms with Gasteiger partial charge in [-0.2, -0.15) is 0 Å². The molecule has 1 aromatic carbocycles. The predicted molar refractivity (Wildman–Crippen MR) is 101 cm³/mol. The zero-order valence-electron chi connectivity index (χ0n) is 14.5. The standard InChI is InChI=1S/C17H27Cl2N3O2/c1-4-20-17(21-6-5-7-24-12(2)3)22-11-16(23)13-8-14(18)10-15(19)9-13/h8-10,12,16,23H,4-7,11H2,1-3H3,(H2,20,21,22). The summed E-state index contributed by atoms with van der Waals surface area (Å²) < 4.78 is 5.50. The van der Waals surface area contributed by atoms with E-state index in [1.54, 1.807) is 18.2 Å². The Bertz CT molecular complexity index is 504. The van der Waals surface area contributed by atoms with Crippen LogP contribution < -0.4 is 10.6 Å². The van der Waals surface area contributed by atoms with Crippen LogP contribution in [0.2, 0.25) is 10.0 Å². The number of hydrogen-bond acceptors (Lipinski definition) is 3. The fourth-order valence-electron chi connectivity index (χ4n) is 1.99. The van der Waals surface area contributed by atoms with Gasteiger partial charge in [-0.3, -0.25) is 4.99 Å². The second-order valence-corrected chi connectivity index (χ2v) is 6.51. The van der Waals surface area contributed by atoms with Gasteiger partial charge in [-0.05, 0) is 51.0 Å². The van der Waals surface area contributed by atoms with Crippen molar-refractivity contribution < 1.29 is 9.84 Å². The maximum atomic E-state index is 10.3. The lowest BCUT2D eigenvalue weighted by molar-refractivity contribution is 0.0776. The summed E-state index contributed by atoms with van der Waals surface area (Å²) in [7, 11) is 0. The Labute approximate surface area is 154 Å². The van der Waals surface area contributed by atoms with Crippen molar-refractivity contribution in [1.82, 2.24) is 10.6 Å². The highest BCUT2D eigenvalue weighted by Crippen LogP contribution is 2.23. The number of nitrogens with one attached hydrogen (secondary N) is 2. The van der Waals surface area contributed by atoms with Gasteiger partial charge >= 0.3 is 0 Å². The molecule has 1 rings (SSSR count). The van der Waals surface area contributed by atoms with Crippen molar-refractivity contribution in [2.24, 2.45) is 4.99 Å². The molecule has 0 aliphatic carbocycles. The van der Waals surface area contributed by atoms with Crippen molar-refractivity contribution in [1.29, 1.82) is 0 Å². The molecule has 0 aromatic heterocycles. The molecule has 7 heteroatoms. The molecule has 5 nitrogen and oxygen atoms in total. The molecule has 136 valence electrons. The fourth-order valence-corrected chi connectivity index (χ4v) is 2.53. The van der Waals surface area contributed by atoms with Gasteiger partial charge in [-0.25, -0.2) is 0 Å². The minimum absolute atomic E-state index is 0.217. The maximum Gasteiger partial charge on any atom is 0.191 e. The Balaban J connectivity index is 2.51. The number of halogens is 2. The molecule has 0 bridgehead atoms. The molecule has 0 heterocycles. The largest absolute Gasteiger partial charge is 0.386 e. The molecule has 3 N–H and O–H groups in total. The number of rotatable bonds is 9. The molecular weight excluding hydrogens is 349 g/mol. The van der Waals surface area contributed by atoms with Crippen molar-refractivity contribution in [3.63, 3.8) is 0 Å². The number of hydrogen-bond donors (Lipinski definition) is 3. The maximum absolute atomic E-state index is 10.3. The van der Waals surface area contributed by atoms with Gasteiger partial charge in [0.2, 0.25) is 0 Å². The highest BCUT2D eigenvalue weighted by molar-refractivity contribution is 6.34. The van der Waals surface area contributed by atoms with Crippen LogP contribution in [0.25, 0.3) is 0 Å². The smallest absolute Gasteiger partial charge is 0.191 e. The first kappa shape index (κ1) is 21.0. The zero-order valence-corrected chi connectivity index (χ0v) is 16.0. The fraction of sp³-hybridized carbons (Fsp3) is 0.588. The van der Waals surface area contributed by atoms with E-state index in [4.69, 9.17) is 27.9 Å². The number of benzene rings is 1. The average Bonchev–Trinajstić information content (AvgIpc) is 2.50. The summed E-state index contributed by atoms with van der Waals surface area (Å²) in [6.07, 6.45) is 0.363. The lowest BCUT2D eigenvalue weighted by Crippen LogP contribution is -2.38. The molecule has 1 unspecified atom stereocenters. The van der Waals surface area contributed by atoms with E-state index in [9.17, 15) is 5.11 Å². The Morgan fingerprint density at radius 3 is 2.46 bits per heavy atom. The van der Waals surface area contributed by atoms with Gasteiger partial charge in [-0.15, -0.1) is 0 Å². The van der Waals surface area contributed by atoms with Crippen LogP contribution >= 0.6 is 23.2 Å². The van der Waals surface area contributed by atoms with Gasteiger partial charge in [-0.1, -0.05) is 23.2 Å². The molecule has 24 heavy (non-hydrogen) atoms. The normalized spacial score (nSPS) is 13.2. The van der Waals surface area contributed by atoms with E-state index >= 15 is 0 Å². The summed E-state index contributed by atoms with van der Waals surface area (Å²) in [5, 5.41) is 17.6. The van der Waals surface area contributed by atoms with Crippen LogP contribution in [-0.4, -0.2) is 43.4 Å². The molecule has 0 amide bonds. The van der Waals surface area contributed by atoms with Gasteiger partial charge in [0.1, 0.15) is 0 Å². The lowest BCUT2D eigenvalue weighted by atomic mass is 10.1. The van der Waals surface area contributed by atoms with Crippen molar-refractivity contribution >= 4 is 29.2 Å². The van der Waals surface area contributed by atoms with Crippen LogP contribution in [0.5, 0.6) is 0 Å². The van der Waals surface area contributed by atoms with Gasteiger partial charge in [0.05, 0.1) is 18.8 Å². The molecule has 0 aliphatic heterocycles. The minimum atomic E-state index is -0.763. The predicted octanol–water partition coefficient (Wildman–Crippen LogP) is 3.40. The lowest BCUT2D eigenvalue weighted by Gasteiger charge is -2.14. The molecule has 0 saturated heterocycles. The quantitative estimate of drug-likeness (QED) is 0.351. The highest BCUT2D eigenvalue weighted by Gasteiger charge is 2.09. The van der Waals surface area contributed by atoms with E-state index in [-0.39, 0.29) is 12.6 Å². The van der Waals surface area contributed by atoms with Gasteiger partial charge < -0.3 is 20.5 Å². The molecular formula is C17H27Cl2N3O2. The Morgan fingerprint density at radius 1 is 1.21 bits per heavy atom. The van der Waals surface area contributed by atoms with Crippen LogP contribution in [0.1, 0.15) is 38.9 Å². The first-order valence-corrected chi connectivity index (χ1v) is 8.95. The third-order valence-corrected chi connectivity index (χ3v) is 3.54. The van der Waals surface area contributed by atoms with E-state index in [1.165, 1.54) is 0 Å². The Kier molecular flexibility index (Phi) is 10.1. The summed E-state index contributed by atoms with van der Waals surface area (Å²) >= 11 is 11.9. The SMILES string of the molecule is CCNC(=NCC(O)c1cc(Cl)cc(Cl)c1)NCCCOC(C)C. The van der Waals surface area contributed by atoms with E-state index in [0.717, 1.165) is 19.5 Å². The van der Waals surface area contributed by atoms with E-state index in [0.29, 0.717) is 28.2 Å². The van der Waals surface area contributed by atoms with Crippen molar-refractivity contribution in [3.8, 4) is 0 Å². The monoisotopic (exact) mass is 375 g/mol. The molecule has 1 aromatic rings. The Hall–Kier alpha value is -1.01. The van der Waals surface area contributed by atoms with E-state index in [2.05, 4.69) is 15.6 Å². The highest BCUT2D eigenvalue weighted by atomic mass is 35.5. The van der Waals surface area contributed by atoms with Crippen LogP contribution in [0.3, 0.4) is 0 Å². The molecule has 0 radical (unpaired) electrons. The van der Waals surface area contributed by atoms with Crippen molar-refractivity contribution in [2.45, 2.75) is 39.4 Å². The molecule has 0 spiro atoms. The summed E-state index contributed by atoms with van der Waals surface area (Å²) in [6, 6.07) is 5.02. The number of aliphatic hydroxyl groups excluding tert-OH is 1. The third kappa shape index (κ3) is 8.73. The molecule has 0 aliphatic rings. The topological polar surface area (TPSA) is 65.9 Å². The van der Waals surface area contributed by atoms with Crippen LogP contribution in [-0.2, 0) is 4.74 Å². The zero-order chi connectivity index (χ0) is 17.9. The van der Waals surface area contributed by atoms with Gasteiger partial charge in [0, 0.05) is 29.7 Å². The first-order chi connectivity index (χ1) is 11.4. The van der Waals surface area contributed by atoms with Gasteiger partial charge in [0.15, 0.2) is 5.96 Å². The van der Waals surface area contributed by atoms with Crippen LogP contribution in [0, 0.1) is 0 Å². The number of aliphatic imine (C=N–C) groups is 1.